The third kappa shape index (κ3) is 3.23. The quantitative estimate of drug-likeness (QED) is 0.884. The first-order chi connectivity index (χ1) is 8.50. The SMILES string of the molecule is CCCc1csc(NC(=O)C2CC(F)(F)CN2)n1. The Hall–Kier alpha value is -1.08. The molecule has 0 spiro atoms. The molecule has 0 aromatic carbocycles. The fourth-order valence-corrected chi connectivity index (χ4v) is 2.58. The second-order valence-corrected chi connectivity index (χ2v) is 5.23. The van der Waals surface area contributed by atoms with E-state index in [0.717, 1.165) is 18.5 Å². The molecule has 2 heterocycles. The van der Waals surface area contributed by atoms with Crippen molar-refractivity contribution in [3.05, 3.63) is 11.1 Å². The first-order valence-electron chi connectivity index (χ1n) is 5.86. The number of anilines is 1. The Labute approximate surface area is 108 Å². The zero-order valence-corrected chi connectivity index (χ0v) is 10.8. The number of nitrogens with one attached hydrogen (secondary N) is 2. The van der Waals surface area contributed by atoms with Crippen molar-refractivity contribution in [2.75, 3.05) is 11.9 Å². The molecule has 1 aliphatic heterocycles. The zero-order chi connectivity index (χ0) is 13.2. The molecule has 0 radical (unpaired) electrons. The molecule has 1 aliphatic rings. The Morgan fingerprint density at radius 1 is 1.72 bits per heavy atom. The average Bonchev–Trinajstić information content (AvgIpc) is 2.86. The number of hydrogen-bond acceptors (Lipinski definition) is 4. The van der Waals surface area contributed by atoms with Gasteiger partial charge in [-0.15, -0.1) is 11.3 Å². The molecule has 7 heteroatoms. The van der Waals surface area contributed by atoms with E-state index >= 15 is 0 Å². The predicted octanol–water partition coefficient (Wildman–Crippen LogP) is 2.03. The fraction of sp³-hybridized carbons (Fsp3) is 0.636. The second kappa shape index (κ2) is 5.27. The highest BCUT2D eigenvalue weighted by atomic mass is 32.1. The van der Waals surface area contributed by atoms with Gasteiger partial charge in [0.1, 0.15) is 0 Å². The van der Waals surface area contributed by atoms with E-state index in [1.807, 2.05) is 12.3 Å². The minimum Gasteiger partial charge on any atom is -0.301 e. The maximum atomic E-state index is 12.9. The van der Waals surface area contributed by atoms with Crippen molar-refractivity contribution in [2.24, 2.45) is 0 Å². The maximum Gasteiger partial charge on any atom is 0.262 e. The standard InChI is InChI=1S/C11H15F2N3OS/c1-2-3-7-5-18-10(15-7)16-9(17)8-4-11(12,13)6-14-8/h5,8,14H,2-4,6H2,1H3,(H,15,16,17). The van der Waals surface area contributed by atoms with Crippen molar-refractivity contribution in [3.63, 3.8) is 0 Å². The van der Waals surface area contributed by atoms with Crippen LogP contribution in [0.25, 0.3) is 0 Å². The minimum absolute atomic E-state index is 0.440. The first-order valence-corrected chi connectivity index (χ1v) is 6.74. The van der Waals surface area contributed by atoms with Gasteiger partial charge >= 0.3 is 0 Å². The smallest absolute Gasteiger partial charge is 0.262 e. The summed E-state index contributed by atoms with van der Waals surface area (Å²) in [5.41, 5.74) is 0.919. The van der Waals surface area contributed by atoms with Crippen LogP contribution in [0.1, 0.15) is 25.5 Å². The van der Waals surface area contributed by atoms with Crippen molar-refractivity contribution in [1.29, 1.82) is 0 Å². The number of aryl methyl sites for hydroxylation is 1. The summed E-state index contributed by atoms with van der Waals surface area (Å²) < 4.78 is 25.9. The van der Waals surface area contributed by atoms with Crippen molar-refractivity contribution in [1.82, 2.24) is 10.3 Å². The van der Waals surface area contributed by atoms with Crippen LogP contribution in [0, 0.1) is 0 Å². The summed E-state index contributed by atoms with van der Waals surface area (Å²) >= 11 is 1.32. The van der Waals surface area contributed by atoms with E-state index in [0.29, 0.717) is 5.13 Å². The van der Waals surface area contributed by atoms with Gasteiger partial charge in [-0.1, -0.05) is 13.3 Å². The summed E-state index contributed by atoms with van der Waals surface area (Å²) in [6.45, 7) is 1.60. The normalized spacial score (nSPS) is 22.1. The predicted molar refractivity (Wildman–Crippen MR) is 66.1 cm³/mol. The number of amides is 1. The van der Waals surface area contributed by atoms with Crippen LogP contribution >= 0.6 is 11.3 Å². The number of rotatable bonds is 4. The van der Waals surface area contributed by atoms with Gasteiger partial charge in [-0.25, -0.2) is 13.8 Å². The number of halogens is 2. The third-order valence-corrected chi connectivity index (χ3v) is 3.52. The van der Waals surface area contributed by atoms with Gasteiger partial charge in [-0.05, 0) is 6.42 Å². The second-order valence-electron chi connectivity index (χ2n) is 4.38. The molecule has 2 rings (SSSR count). The van der Waals surface area contributed by atoms with Gasteiger partial charge in [0.2, 0.25) is 5.91 Å². The van der Waals surface area contributed by atoms with E-state index in [-0.39, 0.29) is 0 Å². The van der Waals surface area contributed by atoms with Gasteiger partial charge in [-0.3, -0.25) is 10.1 Å². The molecule has 1 unspecified atom stereocenters. The van der Waals surface area contributed by atoms with E-state index in [2.05, 4.69) is 15.6 Å². The van der Waals surface area contributed by atoms with Crippen LogP contribution < -0.4 is 10.6 Å². The molecule has 1 fully saturated rings. The highest BCUT2D eigenvalue weighted by molar-refractivity contribution is 7.13. The molecule has 1 atom stereocenters. The van der Waals surface area contributed by atoms with Crippen LogP contribution in [0.2, 0.25) is 0 Å². The maximum absolute atomic E-state index is 12.9. The summed E-state index contributed by atoms with van der Waals surface area (Å²) in [6.07, 6.45) is 1.38. The van der Waals surface area contributed by atoms with Gasteiger partial charge in [0.05, 0.1) is 18.3 Å². The molecule has 1 amide bonds. The Morgan fingerprint density at radius 3 is 3.11 bits per heavy atom. The van der Waals surface area contributed by atoms with Crippen molar-refractivity contribution in [2.45, 2.75) is 38.2 Å². The lowest BCUT2D eigenvalue weighted by Crippen LogP contribution is -2.35. The van der Waals surface area contributed by atoms with Crippen molar-refractivity contribution < 1.29 is 13.6 Å². The van der Waals surface area contributed by atoms with E-state index in [4.69, 9.17) is 0 Å². The number of alkyl halides is 2. The van der Waals surface area contributed by atoms with Gasteiger partial charge in [0.25, 0.3) is 5.92 Å². The Morgan fingerprint density at radius 2 is 2.50 bits per heavy atom. The van der Waals surface area contributed by atoms with Crippen LogP contribution in [0.3, 0.4) is 0 Å². The molecule has 0 bridgehead atoms. The molecular weight excluding hydrogens is 260 g/mol. The van der Waals surface area contributed by atoms with Gasteiger partial charge in [-0.2, -0.15) is 0 Å². The van der Waals surface area contributed by atoms with E-state index in [9.17, 15) is 13.6 Å². The van der Waals surface area contributed by atoms with E-state index < -0.39 is 30.8 Å². The average molecular weight is 275 g/mol. The number of nitrogens with zero attached hydrogens (tertiary/aromatic N) is 1. The molecule has 1 aromatic heterocycles. The molecule has 1 saturated heterocycles. The van der Waals surface area contributed by atoms with Crippen LogP contribution in [0.4, 0.5) is 13.9 Å². The Balaban J connectivity index is 1.91. The lowest BCUT2D eigenvalue weighted by molar-refractivity contribution is -0.118. The topological polar surface area (TPSA) is 54.0 Å². The number of thiazole rings is 1. The van der Waals surface area contributed by atoms with Crippen molar-refractivity contribution >= 4 is 22.4 Å². The van der Waals surface area contributed by atoms with E-state index in [1.165, 1.54) is 11.3 Å². The fourth-order valence-electron chi connectivity index (χ4n) is 1.83. The Kier molecular flexibility index (Phi) is 3.91. The number of aromatic nitrogens is 1. The molecule has 0 saturated carbocycles. The summed E-state index contributed by atoms with van der Waals surface area (Å²) in [4.78, 5) is 15.9. The molecule has 100 valence electrons. The summed E-state index contributed by atoms with van der Waals surface area (Å²) in [5.74, 6) is -3.23. The monoisotopic (exact) mass is 275 g/mol. The lowest BCUT2D eigenvalue weighted by atomic mass is 10.2. The molecule has 4 nitrogen and oxygen atoms in total. The van der Waals surface area contributed by atoms with Crippen LogP contribution in [-0.2, 0) is 11.2 Å². The molecule has 1 aromatic rings. The van der Waals surface area contributed by atoms with Gasteiger partial charge in [0, 0.05) is 11.8 Å². The van der Waals surface area contributed by atoms with E-state index in [1.54, 1.807) is 0 Å². The number of carbonyl (C=O) groups is 1. The summed E-state index contributed by atoms with van der Waals surface area (Å²) in [7, 11) is 0. The summed E-state index contributed by atoms with van der Waals surface area (Å²) in [6, 6.07) is -0.835. The third-order valence-electron chi connectivity index (χ3n) is 2.71. The van der Waals surface area contributed by atoms with Crippen LogP contribution in [-0.4, -0.2) is 29.4 Å². The van der Waals surface area contributed by atoms with Crippen molar-refractivity contribution in [3.8, 4) is 0 Å². The van der Waals surface area contributed by atoms with Crippen LogP contribution in [0.5, 0.6) is 0 Å². The van der Waals surface area contributed by atoms with Gasteiger partial charge in [0.15, 0.2) is 5.13 Å². The number of hydrogen-bond donors (Lipinski definition) is 2. The molecule has 0 aliphatic carbocycles. The molecule has 18 heavy (non-hydrogen) atoms. The lowest BCUT2D eigenvalue weighted by Gasteiger charge is -2.08. The van der Waals surface area contributed by atoms with Gasteiger partial charge < -0.3 is 5.32 Å². The van der Waals surface area contributed by atoms with Crippen LogP contribution in [0.15, 0.2) is 5.38 Å². The highest BCUT2D eigenvalue weighted by Crippen LogP contribution is 2.26. The largest absolute Gasteiger partial charge is 0.301 e. The minimum atomic E-state index is -2.79. The first kappa shape index (κ1) is 13.4. The zero-order valence-electron chi connectivity index (χ0n) is 10.0. The number of carbonyl (C=O) groups excluding carboxylic acids is 1. The Bertz CT molecular complexity index is 436. The summed E-state index contributed by atoms with van der Waals surface area (Å²) in [5, 5.41) is 7.43. The highest BCUT2D eigenvalue weighted by Gasteiger charge is 2.42. The molecular formula is C11H15F2N3OS. The molecule has 2 N–H and O–H groups in total.